The molecule has 1 aliphatic rings. The minimum atomic E-state index is 0.0444. The number of nitrogens with zero attached hydrogens (tertiary/aromatic N) is 3. The molecule has 1 fully saturated rings. The highest BCUT2D eigenvalue weighted by atomic mass is 16.5. The number of piperidine rings is 1. The van der Waals surface area contributed by atoms with E-state index in [2.05, 4.69) is 10.1 Å². The van der Waals surface area contributed by atoms with Crippen LogP contribution >= 0.6 is 0 Å². The molecule has 0 saturated carbocycles. The van der Waals surface area contributed by atoms with Crippen LogP contribution in [0.5, 0.6) is 0 Å². The van der Waals surface area contributed by atoms with Gasteiger partial charge >= 0.3 is 0 Å². The number of aromatic nitrogens is 2. The molecule has 1 aromatic heterocycles. The highest BCUT2D eigenvalue weighted by molar-refractivity contribution is 5.76. The molecule has 0 bridgehead atoms. The first-order chi connectivity index (χ1) is 9.69. The van der Waals surface area contributed by atoms with Gasteiger partial charge in [-0.25, -0.2) is 0 Å². The summed E-state index contributed by atoms with van der Waals surface area (Å²) in [5.74, 6) is 1.22. The molecule has 1 N–H and O–H groups in total. The maximum Gasteiger partial charge on any atom is 0.227 e. The van der Waals surface area contributed by atoms with E-state index in [-0.39, 0.29) is 18.6 Å². The van der Waals surface area contributed by atoms with Gasteiger partial charge in [-0.1, -0.05) is 5.16 Å². The first kappa shape index (κ1) is 14.9. The average Bonchev–Trinajstić information content (AvgIpc) is 2.89. The highest BCUT2D eigenvalue weighted by Crippen LogP contribution is 2.15. The third-order valence-corrected chi connectivity index (χ3v) is 3.36. The van der Waals surface area contributed by atoms with Crippen molar-refractivity contribution in [1.29, 1.82) is 0 Å². The molecule has 2 rings (SSSR count). The van der Waals surface area contributed by atoms with Crippen molar-refractivity contribution in [1.82, 2.24) is 15.0 Å². The van der Waals surface area contributed by atoms with E-state index in [1.54, 1.807) is 6.92 Å². The Bertz CT molecular complexity index is 427. The van der Waals surface area contributed by atoms with Crippen molar-refractivity contribution in [2.24, 2.45) is 0 Å². The Hall–Kier alpha value is -1.47. The molecule has 1 saturated heterocycles. The summed E-state index contributed by atoms with van der Waals surface area (Å²) in [6.45, 7) is 3.58. The monoisotopic (exact) mass is 283 g/mol. The van der Waals surface area contributed by atoms with Crippen LogP contribution in [0.25, 0.3) is 0 Å². The van der Waals surface area contributed by atoms with Gasteiger partial charge in [-0.2, -0.15) is 4.98 Å². The number of carbonyl (C=O) groups excluding carboxylic acids is 1. The fourth-order valence-electron chi connectivity index (χ4n) is 2.30. The van der Waals surface area contributed by atoms with Gasteiger partial charge in [0.15, 0.2) is 5.82 Å². The molecule has 7 heteroatoms. The number of aliphatic hydroxyl groups excluding tert-OH is 1. The number of aliphatic hydroxyl groups is 1. The maximum absolute atomic E-state index is 12.1. The molecular weight excluding hydrogens is 262 g/mol. The Morgan fingerprint density at radius 1 is 1.50 bits per heavy atom. The minimum Gasteiger partial charge on any atom is -0.394 e. The molecule has 7 nitrogen and oxygen atoms in total. The number of ether oxygens (including phenoxy) is 1. The van der Waals surface area contributed by atoms with Gasteiger partial charge in [0.1, 0.15) is 0 Å². The lowest BCUT2D eigenvalue weighted by molar-refractivity contribution is -0.134. The summed E-state index contributed by atoms with van der Waals surface area (Å²) in [4.78, 5) is 18.0. The number of carbonyl (C=O) groups is 1. The number of amides is 1. The zero-order chi connectivity index (χ0) is 14.4. The normalized spacial score (nSPS) is 16.6. The second-order valence-electron chi connectivity index (χ2n) is 4.91. The fourth-order valence-corrected chi connectivity index (χ4v) is 2.30. The summed E-state index contributed by atoms with van der Waals surface area (Å²) in [6, 6.07) is 0. The molecule has 0 spiro atoms. The largest absolute Gasteiger partial charge is 0.394 e. The third-order valence-electron chi connectivity index (χ3n) is 3.36. The van der Waals surface area contributed by atoms with Gasteiger partial charge in [0.2, 0.25) is 11.8 Å². The van der Waals surface area contributed by atoms with Crippen LogP contribution in [-0.2, 0) is 16.0 Å². The van der Waals surface area contributed by atoms with Crippen molar-refractivity contribution in [2.45, 2.75) is 38.7 Å². The van der Waals surface area contributed by atoms with Crippen molar-refractivity contribution in [3.63, 3.8) is 0 Å². The Morgan fingerprint density at radius 3 is 2.85 bits per heavy atom. The predicted molar refractivity (Wildman–Crippen MR) is 70.0 cm³/mol. The van der Waals surface area contributed by atoms with Crippen molar-refractivity contribution >= 4 is 5.91 Å². The van der Waals surface area contributed by atoms with Crippen molar-refractivity contribution in [2.75, 3.05) is 26.3 Å². The van der Waals surface area contributed by atoms with Gasteiger partial charge in [0, 0.05) is 25.9 Å². The Kier molecular flexibility index (Phi) is 5.49. The second kappa shape index (κ2) is 7.35. The lowest BCUT2D eigenvalue weighted by Crippen LogP contribution is -2.41. The maximum atomic E-state index is 12.1. The Balaban J connectivity index is 1.69. The summed E-state index contributed by atoms with van der Waals surface area (Å²) in [5.41, 5.74) is 0. The molecule has 2 heterocycles. The van der Waals surface area contributed by atoms with E-state index in [9.17, 15) is 4.79 Å². The molecule has 112 valence electrons. The van der Waals surface area contributed by atoms with Crippen molar-refractivity contribution in [3.05, 3.63) is 11.7 Å². The summed E-state index contributed by atoms with van der Waals surface area (Å²) in [6.07, 6.45) is 2.69. The molecule has 0 aromatic carbocycles. The van der Waals surface area contributed by atoms with Crippen LogP contribution in [0, 0.1) is 6.92 Å². The topological polar surface area (TPSA) is 88.7 Å². The average molecular weight is 283 g/mol. The number of rotatable bonds is 6. The van der Waals surface area contributed by atoms with Gasteiger partial charge < -0.3 is 19.3 Å². The van der Waals surface area contributed by atoms with Crippen LogP contribution in [0.3, 0.4) is 0 Å². The summed E-state index contributed by atoms with van der Waals surface area (Å²) in [7, 11) is 0. The molecule has 1 amide bonds. The number of hydrogen-bond acceptors (Lipinski definition) is 6. The van der Waals surface area contributed by atoms with Crippen LogP contribution in [0.2, 0.25) is 0 Å². The number of hydrogen-bond donors (Lipinski definition) is 1. The van der Waals surface area contributed by atoms with E-state index in [0.29, 0.717) is 44.3 Å². The lowest BCUT2D eigenvalue weighted by atomic mass is 10.1. The Labute approximate surface area is 117 Å². The second-order valence-corrected chi connectivity index (χ2v) is 4.91. The van der Waals surface area contributed by atoms with E-state index in [1.807, 2.05) is 4.90 Å². The zero-order valence-electron chi connectivity index (χ0n) is 11.7. The zero-order valence-corrected chi connectivity index (χ0v) is 11.7. The molecule has 0 radical (unpaired) electrons. The van der Waals surface area contributed by atoms with Gasteiger partial charge in [0.25, 0.3) is 0 Å². The van der Waals surface area contributed by atoms with Crippen LogP contribution < -0.4 is 0 Å². The van der Waals surface area contributed by atoms with Gasteiger partial charge in [0.05, 0.1) is 19.3 Å². The molecule has 0 aliphatic carbocycles. The lowest BCUT2D eigenvalue weighted by Gasteiger charge is -2.31. The standard InChI is InChI=1S/C13H21N3O4/c1-10-14-12(20-15-10)2-3-13(18)16-6-4-11(5-7-16)19-9-8-17/h11,17H,2-9H2,1H3. The van der Waals surface area contributed by atoms with Crippen LogP contribution in [-0.4, -0.2) is 58.5 Å². The smallest absolute Gasteiger partial charge is 0.227 e. The van der Waals surface area contributed by atoms with E-state index in [4.69, 9.17) is 14.4 Å². The number of likely N-dealkylation sites (tertiary alicyclic amines) is 1. The summed E-state index contributed by atoms with van der Waals surface area (Å²) >= 11 is 0. The van der Waals surface area contributed by atoms with Crippen molar-refractivity contribution in [3.8, 4) is 0 Å². The molecule has 0 atom stereocenters. The van der Waals surface area contributed by atoms with Gasteiger partial charge in [-0.3, -0.25) is 4.79 Å². The first-order valence-corrected chi connectivity index (χ1v) is 6.98. The van der Waals surface area contributed by atoms with Crippen LogP contribution in [0.4, 0.5) is 0 Å². The van der Waals surface area contributed by atoms with E-state index in [1.165, 1.54) is 0 Å². The molecule has 1 aliphatic heterocycles. The fraction of sp³-hybridized carbons (Fsp3) is 0.769. The van der Waals surface area contributed by atoms with Gasteiger partial charge in [-0.15, -0.1) is 0 Å². The van der Waals surface area contributed by atoms with Crippen molar-refractivity contribution < 1.29 is 19.2 Å². The minimum absolute atomic E-state index is 0.0444. The van der Waals surface area contributed by atoms with E-state index in [0.717, 1.165) is 12.8 Å². The molecule has 20 heavy (non-hydrogen) atoms. The first-order valence-electron chi connectivity index (χ1n) is 6.98. The summed E-state index contributed by atoms with van der Waals surface area (Å²) < 4.78 is 10.5. The molecule has 1 aromatic rings. The quantitative estimate of drug-likeness (QED) is 0.808. The highest BCUT2D eigenvalue weighted by Gasteiger charge is 2.23. The molecular formula is C13H21N3O4. The SMILES string of the molecule is Cc1noc(CCC(=O)N2CCC(OCCO)CC2)n1. The van der Waals surface area contributed by atoms with Crippen LogP contribution in [0.15, 0.2) is 4.52 Å². The molecule has 0 unspecified atom stereocenters. The third kappa shape index (κ3) is 4.28. The number of aryl methyl sites for hydroxylation is 2. The summed E-state index contributed by atoms with van der Waals surface area (Å²) in [5, 5.41) is 12.4. The van der Waals surface area contributed by atoms with Crippen LogP contribution in [0.1, 0.15) is 31.0 Å². The van der Waals surface area contributed by atoms with Gasteiger partial charge in [-0.05, 0) is 19.8 Å². The van der Waals surface area contributed by atoms with E-state index >= 15 is 0 Å². The predicted octanol–water partition coefficient (Wildman–Crippen LogP) is 0.311. The Morgan fingerprint density at radius 2 is 2.25 bits per heavy atom. The van der Waals surface area contributed by atoms with E-state index < -0.39 is 0 Å².